The minimum Gasteiger partial charge on any atom is -0.287 e. The van der Waals surface area contributed by atoms with Crippen molar-refractivity contribution in [2.24, 2.45) is 0 Å². The van der Waals surface area contributed by atoms with Crippen LogP contribution in [0.25, 0.3) is 0 Å². The highest BCUT2D eigenvalue weighted by molar-refractivity contribution is 5.79. The molecule has 20 heavy (non-hydrogen) atoms. The second-order valence-electron chi connectivity index (χ2n) is 5.75. The summed E-state index contributed by atoms with van der Waals surface area (Å²) in [6, 6.07) is 4.42. The highest BCUT2D eigenvalue weighted by atomic mass is 19.4. The molecule has 3 nitrogen and oxygen atoms in total. The van der Waals surface area contributed by atoms with Crippen molar-refractivity contribution in [3.8, 4) is 0 Å². The third-order valence-corrected chi connectivity index (χ3v) is 3.42. The van der Waals surface area contributed by atoms with E-state index in [0.717, 1.165) is 10.6 Å². The van der Waals surface area contributed by atoms with E-state index in [1.807, 2.05) is 0 Å². The molecule has 1 N–H and O–H groups in total. The van der Waals surface area contributed by atoms with Crippen LogP contribution < -0.4 is 5.43 Å². The van der Waals surface area contributed by atoms with E-state index in [1.165, 1.54) is 12.1 Å². The summed E-state index contributed by atoms with van der Waals surface area (Å²) in [5, 5.41) is 1.02. The first-order chi connectivity index (χ1) is 9.11. The molecule has 0 bridgehead atoms. The number of rotatable bonds is 2. The molecular formula is C14H17F3N2O. The summed E-state index contributed by atoms with van der Waals surface area (Å²) in [4.78, 5) is 11.5. The van der Waals surface area contributed by atoms with Gasteiger partial charge in [-0.15, -0.1) is 0 Å². The van der Waals surface area contributed by atoms with Gasteiger partial charge in [-0.2, -0.15) is 18.2 Å². The Hall–Kier alpha value is -1.56. The summed E-state index contributed by atoms with van der Waals surface area (Å²) < 4.78 is 40.4. The summed E-state index contributed by atoms with van der Waals surface area (Å²) in [6.07, 6.45) is -4.42. The van der Waals surface area contributed by atoms with E-state index in [1.54, 1.807) is 32.9 Å². The van der Waals surface area contributed by atoms with Gasteiger partial charge in [0, 0.05) is 12.0 Å². The molecule has 2 rings (SSSR count). The molecule has 1 atom stereocenters. The Kier molecular flexibility index (Phi) is 3.54. The Morgan fingerprint density at radius 3 is 2.45 bits per heavy atom. The fourth-order valence-electron chi connectivity index (χ4n) is 2.54. The SMILES string of the molecule is Cc1cccc([C@H](N2NC(=O)CC2(C)C)C(F)(F)F)c1. The molecule has 0 aliphatic carbocycles. The molecule has 1 heterocycles. The maximum absolute atomic E-state index is 13.5. The van der Waals surface area contributed by atoms with Gasteiger partial charge in [0.1, 0.15) is 0 Å². The Labute approximate surface area is 115 Å². The summed E-state index contributed by atoms with van der Waals surface area (Å²) in [6.45, 7) is 4.99. The Balaban J connectivity index is 2.47. The molecule has 6 heteroatoms. The minimum absolute atomic E-state index is 0.0470. The van der Waals surface area contributed by atoms with Crippen molar-refractivity contribution in [2.75, 3.05) is 0 Å². The number of alkyl halides is 3. The van der Waals surface area contributed by atoms with E-state index in [2.05, 4.69) is 5.43 Å². The lowest BCUT2D eigenvalue weighted by molar-refractivity contribution is -0.203. The summed E-state index contributed by atoms with van der Waals surface area (Å²) in [5.41, 5.74) is 2.34. The second-order valence-corrected chi connectivity index (χ2v) is 5.75. The Morgan fingerprint density at radius 2 is 2.00 bits per heavy atom. The fraction of sp³-hybridized carbons (Fsp3) is 0.500. The number of carbonyl (C=O) groups excluding carboxylic acids is 1. The predicted octanol–water partition coefficient (Wildman–Crippen LogP) is 3.11. The number of aryl methyl sites for hydroxylation is 1. The van der Waals surface area contributed by atoms with Crippen molar-refractivity contribution in [2.45, 2.75) is 44.9 Å². The topological polar surface area (TPSA) is 32.3 Å². The van der Waals surface area contributed by atoms with Crippen molar-refractivity contribution in [3.05, 3.63) is 35.4 Å². The summed E-state index contributed by atoms with van der Waals surface area (Å²) in [5.74, 6) is -0.392. The number of hydrogen-bond donors (Lipinski definition) is 1. The van der Waals surface area contributed by atoms with Gasteiger partial charge >= 0.3 is 6.18 Å². The molecule has 1 aromatic rings. The van der Waals surface area contributed by atoms with E-state index in [9.17, 15) is 18.0 Å². The van der Waals surface area contributed by atoms with E-state index >= 15 is 0 Å². The summed E-state index contributed by atoms with van der Waals surface area (Å²) in [7, 11) is 0. The van der Waals surface area contributed by atoms with Gasteiger partial charge in [-0.25, -0.2) is 0 Å². The van der Waals surface area contributed by atoms with E-state index in [4.69, 9.17) is 0 Å². The van der Waals surface area contributed by atoms with E-state index in [0.29, 0.717) is 0 Å². The Morgan fingerprint density at radius 1 is 1.35 bits per heavy atom. The lowest BCUT2D eigenvalue weighted by atomic mass is 9.96. The molecule has 0 radical (unpaired) electrons. The molecule has 1 fully saturated rings. The average molecular weight is 286 g/mol. The van der Waals surface area contributed by atoms with Crippen LogP contribution in [0.3, 0.4) is 0 Å². The number of nitrogens with zero attached hydrogens (tertiary/aromatic N) is 1. The zero-order valence-electron chi connectivity index (χ0n) is 11.6. The zero-order chi connectivity index (χ0) is 15.1. The molecule has 0 saturated carbocycles. The molecule has 0 unspecified atom stereocenters. The van der Waals surface area contributed by atoms with Crippen molar-refractivity contribution in [3.63, 3.8) is 0 Å². The quantitative estimate of drug-likeness (QED) is 0.906. The van der Waals surface area contributed by atoms with Gasteiger partial charge in [0.25, 0.3) is 0 Å². The van der Waals surface area contributed by atoms with Gasteiger partial charge in [0.2, 0.25) is 5.91 Å². The molecule has 1 aliphatic rings. The third kappa shape index (κ3) is 2.80. The van der Waals surface area contributed by atoms with Crippen molar-refractivity contribution >= 4 is 5.91 Å². The van der Waals surface area contributed by atoms with E-state index in [-0.39, 0.29) is 12.0 Å². The van der Waals surface area contributed by atoms with Crippen LogP contribution in [0, 0.1) is 6.92 Å². The van der Waals surface area contributed by atoms with Crippen LogP contribution in [0.5, 0.6) is 0 Å². The number of benzene rings is 1. The molecule has 0 spiro atoms. The molecule has 110 valence electrons. The van der Waals surface area contributed by atoms with Gasteiger partial charge < -0.3 is 0 Å². The van der Waals surface area contributed by atoms with Gasteiger partial charge in [0.05, 0.1) is 0 Å². The van der Waals surface area contributed by atoms with Crippen LogP contribution in [0.2, 0.25) is 0 Å². The van der Waals surface area contributed by atoms with Crippen LogP contribution in [0.15, 0.2) is 24.3 Å². The molecule has 1 aromatic carbocycles. The van der Waals surface area contributed by atoms with Crippen LogP contribution >= 0.6 is 0 Å². The lowest BCUT2D eigenvalue weighted by Gasteiger charge is -2.38. The van der Waals surface area contributed by atoms with Gasteiger partial charge in [-0.1, -0.05) is 29.8 Å². The number of hydrogen-bond acceptors (Lipinski definition) is 2. The second kappa shape index (κ2) is 4.77. The highest BCUT2D eigenvalue weighted by Gasteiger charge is 2.52. The zero-order valence-corrected chi connectivity index (χ0v) is 11.6. The van der Waals surface area contributed by atoms with E-state index < -0.39 is 23.7 Å². The lowest BCUT2D eigenvalue weighted by Crippen LogP contribution is -2.51. The molecule has 0 aromatic heterocycles. The monoisotopic (exact) mass is 286 g/mol. The van der Waals surface area contributed by atoms with Crippen LogP contribution in [0.1, 0.15) is 37.4 Å². The highest BCUT2D eigenvalue weighted by Crippen LogP contribution is 2.42. The first-order valence-corrected chi connectivity index (χ1v) is 6.33. The molecule has 1 saturated heterocycles. The maximum atomic E-state index is 13.5. The molecular weight excluding hydrogens is 269 g/mol. The first-order valence-electron chi connectivity index (χ1n) is 6.33. The number of amides is 1. The maximum Gasteiger partial charge on any atom is 0.409 e. The summed E-state index contributed by atoms with van der Waals surface area (Å²) >= 11 is 0. The van der Waals surface area contributed by atoms with Crippen molar-refractivity contribution in [1.29, 1.82) is 0 Å². The van der Waals surface area contributed by atoms with Crippen molar-refractivity contribution in [1.82, 2.24) is 10.4 Å². The van der Waals surface area contributed by atoms with Gasteiger partial charge in [-0.3, -0.25) is 10.2 Å². The number of halogens is 3. The Bertz CT molecular complexity index is 525. The van der Waals surface area contributed by atoms with Crippen LogP contribution in [-0.2, 0) is 4.79 Å². The van der Waals surface area contributed by atoms with Crippen molar-refractivity contribution < 1.29 is 18.0 Å². The first kappa shape index (κ1) is 14.8. The van der Waals surface area contributed by atoms with Crippen LogP contribution in [-0.4, -0.2) is 22.6 Å². The normalized spacial score (nSPS) is 20.8. The van der Waals surface area contributed by atoms with Gasteiger partial charge in [0.15, 0.2) is 6.04 Å². The number of carbonyl (C=O) groups is 1. The molecule has 1 amide bonds. The third-order valence-electron chi connectivity index (χ3n) is 3.42. The standard InChI is InChI=1S/C14H17F3N2O/c1-9-5-4-6-10(7-9)12(14(15,16)17)19-13(2,3)8-11(20)18-19/h4-7,12H,8H2,1-3H3,(H,18,20)/t12-/m0/s1. The number of hydrazine groups is 1. The predicted molar refractivity (Wildman–Crippen MR) is 68.7 cm³/mol. The minimum atomic E-state index is -4.47. The smallest absolute Gasteiger partial charge is 0.287 e. The fourth-order valence-corrected chi connectivity index (χ4v) is 2.54. The van der Waals surface area contributed by atoms with Crippen LogP contribution in [0.4, 0.5) is 13.2 Å². The van der Waals surface area contributed by atoms with Gasteiger partial charge in [-0.05, 0) is 26.3 Å². The molecule has 1 aliphatic heterocycles. The average Bonchev–Trinajstić information content (AvgIpc) is 2.50. The largest absolute Gasteiger partial charge is 0.409 e. The number of nitrogens with one attached hydrogen (secondary N) is 1.